The number of carbonyl (C=O) groups is 3. The van der Waals surface area contributed by atoms with E-state index in [1.807, 2.05) is 84.9 Å². The molecular weight excluding hydrogens is 532 g/mol. The molecule has 7 N–H and O–H groups in total. The van der Waals surface area contributed by atoms with Gasteiger partial charge in [0.1, 0.15) is 18.7 Å². The SMILES string of the molecule is NC(=O)[C@@H](CCCN=C(N)NCl)NC(=O)[C@@H](Cc1ccc(-c2ccccc2)cc1)NC(=O)OCc1ccccc1. The van der Waals surface area contributed by atoms with Gasteiger partial charge in [0.2, 0.25) is 17.8 Å². The average molecular weight is 565 g/mol. The van der Waals surface area contributed by atoms with E-state index in [2.05, 4.69) is 20.5 Å². The van der Waals surface area contributed by atoms with Gasteiger partial charge >= 0.3 is 6.09 Å². The average Bonchev–Trinajstić information content (AvgIpc) is 2.98. The van der Waals surface area contributed by atoms with Crippen LogP contribution in [0, 0.1) is 0 Å². The third-order valence-electron chi connectivity index (χ3n) is 6.01. The van der Waals surface area contributed by atoms with Gasteiger partial charge in [0.25, 0.3) is 0 Å². The lowest BCUT2D eigenvalue weighted by atomic mass is 10.00. The molecule has 0 fully saturated rings. The van der Waals surface area contributed by atoms with Gasteiger partial charge in [-0.2, -0.15) is 0 Å². The second-order valence-corrected chi connectivity index (χ2v) is 9.18. The Morgan fingerprint density at radius 1 is 0.800 bits per heavy atom. The molecule has 0 unspecified atom stereocenters. The normalized spacial score (nSPS) is 12.6. The fraction of sp³-hybridized carbons (Fsp3) is 0.241. The quantitative estimate of drug-likeness (QED) is 0.0928. The number of guanidine groups is 1. The summed E-state index contributed by atoms with van der Waals surface area (Å²) in [5.41, 5.74) is 14.7. The number of alkyl carbamates (subject to hydrolysis) is 1. The zero-order valence-corrected chi connectivity index (χ0v) is 22.6. The summed E-state index contributed by atoms with van der Waals surface area (Å²) in [6.07, 6.45) is 0.0242. The van der Waals surface area contributed by atoms with Crippen LogP contribution in [-0.2, 0) is 27.4 Å². The van der Waals surface area contributed by atoms with Crippen molar-refractivity contribution >= 4 is 35.6 Å². The molecule has 10 nitrogen and oxygen atoms in total. The molecule has 0 saturated heterocycles. The molecule has 11 heteroatoms. The van der Waals surface area contributed by atoms with Gasteiger partial charge in [-0.3, -0.25) is 19.4 Å². The predicted molar refractivity (Wildman–Crippen MR) is 155 cm³/mol. The summed E-state index contributed by atoms with van der Waals surface area (Å²) in [7, 11) is 0. The maximum atomic E-state index is 13.3. The molecule has 0 aromatic heterocycles. The minimum atomic E-state index is -1.03. The third-order valence-corrected chi connectivity index (χ3v) is 6.21. The molecule has 0 aliphatic rings. The van der Waals surface area contributed by atoms with Crippen LogP contribution in [-0.4, -0.2) is 42.5 Å². The molecule has 0 aliphatic heterocycles. The van der Waals surface area contributed by atoms with Crippen LogP contribution in [0.4, 0.5) is 4.79 Å². The van der Waals surface area contributed by atoms with Crippen LogP contribution in [0.5, 0.6) is 0 Å². The Labute approximate surface area is 238 Å². The maximum absolute atomic E-state index is 13.3. The van der Waals surface area contributed by atoms with Gasteiger partial charge in [0, 0.05) is 24.7 Å². The highest BCUT2D eigenvalue weighted by Crippen LogP contribution is 2.20. The van der Waals surface area contributed by atoms with E-state index in [0.29, 0.717) is 6.42 Å². The molecule has 0 spiro atoms. The highest BCUT2D eigenvalue weighted by atomic mass is 35.5. The van der Waals surface area contributed by atoms with E-state index in [1.165, 1.54) is 0 Å². The number of ether oxygens (including phenoxy) is 1. The molecule has 0 radical (unpaired) electrons. The summed E-state index contributed by atoms with van der Waals surface area (Å²) >= 11 is 5.37. The molecule has 0 heterocycles. The number of nitrogens with two attached hydrogens (primary N) is 2. The lowest BCUT2D eigenvalue weighted by molar-refractivity contribution is -0.128. The van der Waals surface area contributed by atoms with Crippen LogP contribution in [0.3, 0.4) is 0 Å². The van der Waals surface area contributed by atoms with Gasteiger partial charge in [-0.25, -0.2) is 4.79 Å². The number of nitrogens with zero attached hydrogens (tertiary/aromatic N) is 1. The minimum absolute atomic E-state index is 0.0392. The molecule has 210 valence electrons. The van der Waals surface area contributed by atoms with Crippen LogP contribution >= 0.6 is 11.8 Å². The Balaban J connectivity index is 1.69. The summed E-state index contributed by atoms with van der Waals surface area (Å²) in [6.45, 7) is 0.309. The van der Waals surface area contributed by atoms with Gasteiger partial charge in [0.15, 0.2) is 0 Å². The highest BCUT2D eigenvalue weighted by molar-refractivity contribution is 6.21. The standard InChI is InChI=1S/C29H33ClN6O4/c30-36-28(32)33-17-7-12-24(26(31)37)34-27(38)25(35-29(39)40-19-21-8-3-1-4-9-21)18-20-13-15-23(16-14-20)22-10-5-2-6-11-22/h1-6,8-11,13-16,24-25H,7,12,17-19H2,(H2,31,37)(H,34,38)(H,35,39)(H3,32,33,36)/t24-,25-/m1/s1. The summed E-state index contributed by atoms with van der Waals surface area (Å²) in [6, 6.07) is 24.7. The number of aliphatic imine (C=N–C) groups is 1. The number of hydrogen-bond acceptors (Lipinski definition) is 5. The van der Waals surface area contributed by atoms with Crippen LogP contribution in [0.2, 0.25) is 0 Å². The van der Waals surface area contributed by atoms with Crippen molar-refractivity contribution in [3.63, 3.8) is 0 Å². The van der Waals surface area contributed by atoms with E-state index in [9.17, 15) is 14.4 Å². The first-order valence-electron chi connectivity index (χ1n) is 12.7. The molecule has 2 atom stereocenters. The first-order valence-corrected chi connectivity index (χ1v) is 13.1. The van der Waals surface area contributed by atoms with Crippen molar-refractivity contribution in [3.8, 4) is 11.1 Å². The fourth-order valence-electron chi connectivity index (χ4n) is 3.90. The number of primary amides is 1. The molecule has 3 amide bonds. The zero-order valence-electron chi connectivity index (χ0n) is 21.9. The van der Waals surface area contributed by atoms with Crippen molar-refractivity contribution in [2.75, 3.05) is 6.54 Å². The summed E-state index contributed by atoms with van der Waals surface area (Å²) in [5, 5.41) is 5.28. The number of carbonyl (C=O) groups excluding carboxylic acids is 3. The van der Waals surface area contributed by atoms with Crippen molar-refractivity contribution in [3.05, 3.63) is 96.1 Å². The lowest BCUT2D eigenvalue weighted by Gasteiger charge is -2.22. The van der Waals surface area contributed by atoms with E-state index >= 15 is 0 Å². The summed E-state index contributed by atoms with van der Waals surface area (Å²) in [4.78, 5) is 44.1. The van der Waals surface area contributed by atoms with Crippen molar-refractivity contribution in [2.24, 2.45) is 16.5 Å². The first kappa shape index (κ1) is 30.0. The van der Waals surface area contributed by atoms with Crippen LogP contribution < -0.4 is 26.9 Å². The summed E-state index contributed by atoms with van der Waals surface area (Å²) < 4.78 is 5.32. The second kappa shape index (κ2) is 15.7. The van der Waals surface area contributed by atoms with E-state index in [4.69, 9.17) is 28.0 Å². The molecule has 0 saturated carbocycles. The Morgan fingerprint density at radius 2 is 1.43 bits per heavy atom. The third kappa shape index (κ3) is 9.95. The number of amides is 3. The predicted octanol–water partition coefficient (Wildman–Crippen LogP) is 3.00. The molecule has 0 aliphatic carbocycles. The monoisotopic (exact) mass is 564 g/mol. The minimum Gasteiger partial charge on any atom is -0.445 e. The van der Waals surface area contributed by atoms with Gasteiger partial charge in [-0.1, -0.05) is 84.9 Å². The molecule has 40 heavy (non-hydrogen) atoms. The second-order valence-electron chi connectivity index (χ2n) is 8.99. The van der Waals surface area contributed by atoms with Crippen molar-refractivity contribution in [1.82, 2.24) is 15.5 Å². The van der Waals surface area contributed by atoms with Crippen molar-refractivity contribution in [1.29, 1.82) is 0 Å². The number of nitrogens with one attached hydrogen (secondary N) is 3. The van der Waals surface area contributed by atoms with Crippen molar-refractivity contribution in [2.45, 2.75) is 38.0 Å². The fourth-order valence-corrected chi connectivity index (χ4v) is 3.96. The maximum Gasteiger partial charge on any atom is 0.408 e. The molecule has 3 aromatic carbocycles. The summed E-state index contributed by atoms with van der Waals surface area (Å²) in [5.74, 6) is -1.24. The largest absolute Gasteiger partial charge is 0.445 e. The highest BCUT2D eigenvalue weighted by Gasteiger charge is 2.26. The Kier molecular flexibility index (Phi) is 11.8. The van der Waals surface area contributed by atoms with Gasteiger partial charge in [0.05, 0.1) is 0 Å². The molecule has 0 bridgehead atoms. The first-order chi connectivity index (χ1) is 19.4. The Hall–Kier alpha value is -4.57. The Morgan fingerprint density at radius 3 is 2.05 bits per heavy atom. The van der Waals surface area contributed by atoms with E-state index in [0.717, 1.165) is 22.3 Å². The number of benzene rings is 3. The lowest BCUT2D eigenvalue weighted by Crippen LogP contribution is -2.53. The number of rotatable bonds is 13. The number of halogens is 1. The topological polar surface area (TPSA) is 161 Å². The Bertz CT molecular complexity index is 1270. The molecule has 3 rings (SSSR count). The van der Waals surface area contributed by atoms with Crippen LogP contribution in [0.25, 0.3) is 11.1 Å². The van der Waals surface area contributed by atoms with E-state index < -0.39 is 30.0 Å². The van der Waals surface area contributed by atoms with Gasteiger partial charge < -0.3 is 26.8 Å². The number of hydrogen-bond donors (Lipinski definition) is 5. The van der Waals surface area contributed by atoms with Crippen LogP contribution in [0.1, 0.15) is 24.0 Å². The smallest absolute Gasteiger partial charge is 0.408 e. The van der Waals surface area contributed by atoms with E-state index in [-0.39, 0.29) is 32.0 Å². The zero-order chi connectivity index (χ0) is 28.7. The molecular formula is C29H33ClN6O4. The van der Waals surface area contributed by atoms with Gasteiger partial charge in [-0.15, -0.1) is 0 Å². The van der Waals surface area contributed by atoms with Crippen LogP contribution in [0.15, 0.2) is 89.9 Å². The van der Waals surface area contributed by atoms with Crippen molar-refractivity contribution < 1.29 is 19.1 Å². The van der Waals surface area contributed by atoms with E-state index in [1.54, 1.807) is 0 Å². The van der Waals surface area contributed by atoms with Gasteiger partial charge in [-0.05, 0) is 35.1 Å². The molecule has 3 aromatic rings.